The van der Waals surface area contributed by atoms with Crippen molar-refractivity contribution in [1.82, 2.24) is 15.2 Å². The molecule has 3 amide bonds. The lowest BCUT2D eigenvalue weighted by atomic mass is 9.96. The van der Waals surface area contributed by atoms with Crippen molar-refractivity contribution >= 4 is 34.2 Å². The fraction of sp³-hybridized carbons (Fsp3) is 0.211. The summed E-state index contributed by atoms with van der Waals surface area (Å²) in [5.41, 5.74) is 6.29. The Kier molecular flexibility index (Phi) is 10.4. The number of thiazole rings is 1. The zero-order valence-electron chi connectivity index (χ0n) is 26.5. The Morgan fingerprint density at radius 3 is 2.11 bits per heavy atom. The number of hydrogen-bond acceptors (Lipinski definition) is 5. The second kappa shape index (κ2) is 14.8. The lowest BCUT2D eigenvalue weighted by Gasteiger charge is -2.24. The minimum atomic E-state index is -0.792. The number of nitrogens with zero attached hydrogens (tertiary/aromatic N) is 2. The summed E-state index contributed by atoms with van der Waals surface area (Å²) >= 11 is 1.34. The van der Waals surface area contributed by atoms with E-state index in [9.17, 15) is 14.4 Å². The van der Waals surface area contributed by atoms with Gasteiger partial charge in [-0.15, -0.1) is 11.3 Å². The van der Waals surface area contributed by atoms with E-state index < -0.39 is 6.04 Å². The molecule has 234 valence electrons. The van der Waals surface area contributed by atoms with E-state index in [0.717, 1.165) is 28.7 Å². The highest BCUT2D eigenvalue weighted by Crippen LogP contribution is 2.29. The van der Waals surface area contributed by atoms with Gasteiger partial charge in [0.15, 0.2) is 5.13 Å². The van der Waals surface area contributed by atoms with Crippen LogP contribution in [0.1, 0.15) is 71.0 Å². The van der Waals surface area contributed by atoms with Gasteiger partial charge in [-0.3, -0.25) is 19.7 Å². The van der Waals surface area contributed by atoms with Crippen molar-refractivity contribution in [3.05, 3.63) is 131 Å². The third kappa shape index (κ3) is 7.58. The SMILES string of the molecule is CCCN(C)C(=O)[C@@H](NC(=O)c1ccc(-c2csc(NC(=O)c3ccccc3-c3ccc(C(C)C)cc3)n2)cc1)c1ccccc1. The van der Waals surface area contributed by atoms with E-state index >= 15 is 0 Å². The van der Waals surface area contributed by atoms with E-state index in [1.165, 1.54) is 16.9 Å². The number of aromatic nitrogens is 1. The molecule has 5 rings (SSSR count). The number of carbonyl (C=O) groups excluding carboxylic acids is 3. The molecule has 0 fully saturated rings. The van der Waals surface area contributed by atoms with Crippen LogP contribution in [-0.4, -0.2) is 41.2 Å². The van der Waals surface area contributed by atoms with Crippen molar-refractivity contribution in [3.63, 3.8) is 0 Å². The molecule has 2 N–H and O–H groups in total. The molecule has 7 nitrogen and oxygen atoms in total. The largest absolute Gasteiger partial charge is 0.344 e. The van der Waals surface area contributed by atoms with Crippen molar-refractivity contribution in [2.45, 2.75) is 39.2 Å². The molecular weight excluding hydrogens is 593 g/mol. The fourth-order valence-electron chi connectivity index (χ4n) is 5.21. The minimum absolute atomic E-state index is 0.165. The smallest absolute Gasteiger partial charge is 0.258 e. The maximum Gasteiger partial charge on any atom is 0.258 e. The second-order valence-corrected chi connectivity index (χ2v) is 12.3. The van der Waals surface area contributed by atoms with Crippen molar-refractivity contribution in [2.24, 2.45) is 0 Å². The monoisotopic (exact) mass is 630 g/mol. The van der Waals surface area contributed by atoms with Gasteiger partial charge < -0.3 is 10.2 Å². The summed E-state index contributed by atoms with van der Waals surface area (Å²) in [6.45, 7) is 6.92. The summed E-state index contributed by atoms with van der Waals surface area (Å²) in [5.74, 6) is -0.312. The lowest BCUT2D eigenvalue weighted by molar-refractivity contribution is -0.132. The third-order valence-corrected chi connectivity index (χ3v) is 8.58. The van der Waals surface area contributed by atoms with Crippen LogP contribution in [0.2, 0.25) is 0 Å². The summed E-state index contributed by atoms with van der Waals surface area (Å²) < 4.78 is 0. The summed E-state index contributed by atoms with van der Waals surface area (Å²) in [6.07, 6.45) is 0.821. The Bertz CT molecular complexity index is 1800. The highest BCUT2D eigenvalue weighted by molar-refractivity contribution is 7.14. The van der Waals surface area contributed by atoms with Gasteiger partial charge in [0.2, 0.25) is 5.91 Å². The van der Waals surface area contributed by atoms with Gasteiger partial charge in [0.05, 0.1) is 5.69 Å². The molecule has 0 aliphatic carbocycles. The number of carbonyl (C=O) groups is 3. The van der Waals surface area contributed by atoms with Crippen LogP contribution >= 0.6 is 11.3 Å². The normalized spacial score (nSPS) is 11.6. The van der Waals surface area contributed by atoms with Gasteiger partial charge in [-0.25, -0.2) is 4.98 Å². The number of benzene rings is 4. The average Bonchev–Trinajstić information content (AvgIpc) is 3.55. The Labute approximate surface area is 274 Å². The van der Waals surface area contributed by atoms with Crippen LogP contribution in [0.5, 0.6) is 0 Å². The molecule has 0 aliphatic rings. The molecule has 5 aromatic rings. The lowest BCUT2D eigenvalue weighted by Crippen LogP contribution is -2.41. The quantitative estimate of drug-likeness (QED) is 0.154. The van der Waals surface area contributed by atoms with Crippen LogP contribution in [0.4, 0.5) is 5.13 Å². The number of hydrogen-bond donors (Lipinski definition) is 2. The van der Waals surface area contributed by atoms with E-state index in [1.807, 2.05) is 79.0 Å². The molecule has 0 spiro atoms. The third-order valence-electron chi connectivity index (χ3n) is 7.82. The van der Waals surface area contributed by atoms with Crippen LogP contribution in [0.3, 0.4) is 0 Å². The summed E-state index contributed by atoms with van der Waals surface area (Å²) in [5, 5.41) is 8.22. The van der Waals surface area contributed by atoms with Crippen molar-refractivity contribution < 1.29 is 14.4 Å². The maximum atomic E-state index is 13.3. The number of anilines is 1. The van der Waals surface area contributed by atoms with Crippen LogP contribution in [0, 0.1) is 0 Å². The summed E-state index contributed by atoms with van der Waals surface area (Å²) in [6, 6.07) is 31.4. The molecule has 0 unspecified atom stereocenters. The molecule has 1 aromatic heterocycles. The van der Waals surface area contributed by atoms with Gasteiger partial charge in [0, 0.05) is 35.7 Å². The van der Waals surface area contributed by atoms with Gasteiger partial charge in [0.1, 0.15) is 6.04 Å². The van der Waals surface area contributed by atoms with Crippen LogP contribution in [-0.2, 0) is 4.79 Å². The molecule has 0 saturated carbocycles. The predicted octanol–water partition coefficient (Wildman–Crippen LogP) is 8.19. The minimum Gasteiger partial charge on any atom is -0.344 e. The molecule has 8 heteroatoms. The average molecular weight is 631 g/mol. The summed E-state index contributed by atoms with van der Waals surface area (Å²) in [7, 11) is 1.75. The molecule has 0 bridgehead atoms. The Hall–Kier alpha value is -5.08. The van der Waals surface area contributed by atoms with E-state index in [2.05, 4.69) is 53.7 Å². The number of likely N-dealkylation sites (N-methyl/N-ethyl adjacent to an activating group) is 1. The first-order valence-corrected chi connectivity index (χ1v) is 16.3. The highest BCUT2D eigenvalue weighted by atomic mass is 32.1. The van der Waals surface area contributed by atoms with E-state index in [-0.39, 0.29) is 17.7 Å². The first-order chi connectivity index (χ1) is 22.2. The van der Waals surface area contributed by atoms with Gasteiger partial charge in [-0.1, -0.05) is 106 Å². The molecule has 0 radical (unpaired) electrons. The van der Waals surface area contributed by atoms with Gasteiger partial charge in [-0.2, -0.15) is 0 Å². The van der Waals surface area contributed by atoms with Crippen molar-refractivity contribution in [3.8, 4) is 22.4 Å². The number of nitrogens with one attached hydrogen (secondary N) is 2. The number of amides is 3. The Morgan fingerprint density at radius 1 is 0.783 bits per heavy atom. The van der Waals surface area contributed by atoms with E-state index in [4.69, 9.17) is 0 Å². The van der Waals surface area contributed by atoms with Crippen LogP contribution in [0.25, 0.3) is 22.4 Å². The molecule has 1 atom stereocenters. The van der Waals surface area contributed by atoms with Gasteiger partial charge in [0.25, 0.3) is 11.8 Å². The van der Waals surface area contributed by atoms with E-state index in [0.29, 0.717) is 34.4 Å². The zero-order valence-corrected chi connectivity index (χ0v) is 27.3. The number of rotatable bonds is 11. The molecule has 4 aromatic carbocycles. The maximum absolute atomic E-state index is 13.3. The molecular formula is C38H38N4O3S. The topological polar surface area (TPSA) is 91.4 Å². The predicted molar refractivity (Wildman–Crippen MR) is 186 cm³/mol. The molecule has 1 heterocycles. The van der Waals surface area contributed by atoms with E-state index in [1.54, 1.807) is 24.1 Å². The Morgan fingerprint density at radius 2 is 1.43 bits per heavy atom. The standard InChI is InChI=1S/C38H38N4O3S/c1-5-23-42(4)37(45)34(29-11-7-6-8-12-29)40-35(43)30-21-19-28(20-22-30)33-24-46-38(39-33)41-36(44)32-14-10-9-13-31(32)27-17-15-26(16-18-27)25(2)3/h6-22,24-25,34H,5,23H2,1-4H3,(H,40,43)(H,39,41,44)/t34-/m0/s1. The van der Waals surface area contributed by atoms with Gasteiger partial charge in [-0.05, 0) is 52.8 Å². The molecule has 46 heavy (non-hydrogen) atoms. The Balaban J connectivity index is 1.27. The first-order valence-electron chi connectivity index (χ1n) is 15.4. The highest BCUT2D eigenvalue weighted by Gasteiger charge is 2.26. The molecule has 0 saturated heterocycles. The zero-order chi connectivity index (χ0) is 32.6. The second-order valence-electron chi connectivity index (χ2n) is 11.5. The summed E-state index contributed by atoms with van der Waals surface area (Å²) in [4.78, 5) is 46.1. The first kappa shape index (κ1) is 32.3. The van der Waals surface area contributed by atoms with Crippen LogP contribution < -0.4 is 10.6 Å². The van der Waals surface area contributed by atoms with Crippen molar-refractivity contribution in [2.75, 3.05) is 18.9 Å². The van der Waals surface area contributed by atoms with Crippen LogP contribution in [0.15, 0.2) is 109 Å². The molecule has 0 aliphatic heterocycles. The fourth-order valence-corrected chi connectivity index (χ4v) is 5.93. The van der Waals surface area contributed by atoms with Crippen molar-refractivity contribution in [1.29, 1.82) is 0 Å². The van der Waals surface area contributed by atoms with Gasteiger partial charge >= 0.3 is 0 Å².